The van der Waals surface area contributed by atoms with Gasteiger partial charge in [0.15, 0.2) is 0 Å². The third-order valence-corrected chi connectivity index (χ3v) is 3.64. The SMILES string of the molecule is O=C1CC[C@H](N2C(=O)c3cccc([N+](=O)[O-])c3C2=O)C(=O)N1. The van der Waals surface area contributed by atoms with Crippen LogP contribution in [-0.2, 0) is 9.59 Å². The Bertz CT molecular complexity index is 756. The predicted octanol–water partition coefficient (Wildman–Crippen LogP) is -0.00400. The van der Waals surface area contributed by atoms with Gasteiger partial charge < -0.3 is 0 Å². The smallest absolute Gasteiger partial charge is 0.282 e. The number of benzene rings is 1. The fraction of sp³-hybridized carbons (Fsp3) is 0.231. The van der Waals surface area contributed by atoms with Crippen LogP contribution in [0.3, 0.4) is 0 Å². The molecule has 1 aromatic carbocycles. The maximum absolute atomic E-state index is 12.4. The molecule has 3 rings (SSSR count). The van der Waals surface area contributed by atoms with Crippen molar-refractivity contribution < 1.29 is 24.1 Å². The molecular formula is C13H9N3O6. The van der Waals surface area contributed by atoms with Gasteiger partial charge in [-0.1, -0.05) is 6.07 Å². The summed E-state index contributed by atoms with van der Waals surface area (Å²) in [4.78, 5) is 58.7. The summed E-state index contributed by atoms with van der Waals surface area (Å²) in [6, 6.07) is 2.59. The zero-order chi connectivity index (χ0) is 16.0. The minimum absolute atomic E-state index is 0.00390. The topological polar surface area (TPSA) is 127 Å². The van der Waals surface area contributed by atoms with Gasteiger partial charge in [-0.15, -0.1) is 0 Å². The first-order valence-electron chi connectivity index (χ1n) is 6.41. The molecule has 0 aliphatic carbocycles. The Kier molecular flexibility index (Phi) is 2.98. The molecule has 9 heteroatoms. The van der Waals surface area contributed by atoms with Gasteiger partial charge in [0.1, 0.15) is 11.6 Å². The van der Waals surface area contributed by atoms with Crippen molar-refractivity contribution in [1.29, 1.82) is 0 Å². The van der Waals surface area contributed by atoms with Crippen molar-refractivity contribution in [1.82, 2.24) is 10.2 Å². The van der Waals surface area contributed by atoms with Crippen molar-refractivity contribution >= 4 is 29.3 Å². The van der Waals surface area contributed by atoms with Crippen molar-refractivity contribution in [2.45, 2.75) is 18.9 Å². The summed E-state index contributed by atoms with van der Waals surface area (Å²) in [6.07, 6.45) is -0.00413. The number of nitrogens with zero attached hydrogens (tertiary/aromatic N) is 2. The number of nitro groups is 1. The van der Waals surface area contributed by atoms with E-state index in [4.69, 9.17) is 0 Å². The molecule has 0 radical (unpaired) electrons. The molecule has 2 heterocycles. The maximum atomic E-state index is 12.4. The summed E-state index contributed by atoms with van der Waals surface area (Å²) in [5.41, 5.74) is -0.906. The molecule has 2 aliphatic rings. The molecule has 1 atom stereocenters. The fourth-order valence-corrected chi connectivity index (χ4v) is 2.65. The van der Waals surface area contributed by atoms with Crippen LogP contribution in [0.2, 0.25) is 0 Å². The Labute approximate surface area is 123 Å². The Hall–Kier alpha value is -3.10. The van der Waals surface area contributed by atoms with Gasteiger partial charge in [0.2, 0.25) is 11.8 Å². The summed E-state index contributed by atoms with van der Waals surface area (Å²) in [5.74, 6) is -2.89. The average molecular weight is 303 g/mol. The van der Waals surface area contributed by atoms with E-state index >= 15 is 0 Å². The lowest BCUT2D eigenvalue weighted by atomic mass is 10.0. The van der Waals surface area contributed by atoms with E-state index in [9.17, 15) is 29.3 Å². The van der Waals surface area contributed by atoms with Gasteiger partial charge in [-0.05, 0) is 12.5 Å². The van der Waals surface area contributed by atoms with E-state index in [1.165, 1.54) is 12.1 Å². The van der Waals surface area contributed by atoms with Gasteiger partial charge in [0.25, 0.3) is 17.5 Å². The Balaban J connectivity index is 2.04. The molecule has 9 nitrogen and oxygen atoms in total. The van der Waals surface area contributed by atoms with Gasteiger partial charge in [-0.2, -0.15) is 0 Å². The third-order valence-electron chi connectivity index (χ3n) is 3.64. The summed E-state index contributed by atoms with van der Waals surface area (Å²) >= 11 is 0. The lowest BCUT2D eigenvalue weighted by Gasteiger charge is -2.27. The standard InChI is InChI=1S/C13H9N3O6/c17-9-5-4-8(11(18)14-9)15-12(19)6-2-1-3-7(16(21)22)10(6)13(15)20/h1-3,8H,4-5H2,(H,14,17,18)/t8-/m0/s1. The summed E-state index contributed by atoms with van der Waals surface area (Å²) in [6.45, 7) is 0. The van der Waals surface area contributed by atoms with Crippen LogP contribution in [-0.4, -0.2) is 39.5 Å². The normalized spacial score (nSPS) is 20.9. The second-order valence-electron chi connectivity index (χ2n) is 4.90. The number of rotatable bonds is 2. The zero-order valence-electron chi connectivity index (χ0n) is 11.1. The van der Waals surface area contributed by atoms with Crippen LogP contribution in [0.15, 0.2) is 18.2 Å². The summed E-state index contributed by atoms with van der Waals surface area (Å²) < 4.78 is 0. The number of piperidine rings is 1. The van der Waals surface area contributed by atoms with Crippen LogP contribution in [0.4, 0.5) is 5.69 Å². The fourth-order valence-electron chi connectivity index (χ4n) is 2.65. The molecule has 1 saturated heterocycles. The second kappa shape index (κ2) is 4.72. The molecule has 0 bridgehead atoms. The molecule has 0 unspecified atom stereocenters. The number of hydrogen-bond acceptors (Lipinski definition) is 6. The Morgan fingerprint density at radius 2 is 1.91 bits per heavy atom. The Morgan fingerprint density at radius 1 is 1.18 bits per heavy atom. The molecule has 22 heavy (non-hydrogen) atoms. The molecule has 1 N–H and O–H groups in total. The number of amides is 4. The van der Waals surface area contributed by atoms with Crippen LogP contribution in [0.5, 0.6) is 0 Å². The monoisotopic (exact) mass is 303 g/mol. The first-order valence-corrected chi connectivity index (χ1v) is 6.41. The van der Waals surface area contributed by atoms with E-state index in [2.05, 4.69) is 5.32 Å². The second-order valence-corrected chi connectivity index (χ2v) is 4.90. The van der Waals surface area contributed by atoms with E-state index in [-0.39, 0.29) is 24.0 Å². The van der Waals surface area contributed by atoms with Gasteiger partial charge in [0.05, 0.1) is 10.5 Å². The quantitative estimate of drug-likeness (QED) is 0.465. The van der Waals surface area contributed by atoms with E-state index in [1.54, 1.807) is 0 Å². The Morgan fingerprint density at radius 3 is 2.55 bits per heavy atom. The molecule has 0 saturated carbocycles. The molecule has 2 aliphatic heterocycles. The highest BCUT2D eigenvalue weighted by Gasteiger charge is 2.47. The van der Waals surface area contributed by atoms with E-state index in [0.717, 1.165) is 6.07 Å². The first kappa shape index (κ1) is 13.9. The molecule has 0 spiro atoms. The molecule has 0 aromatic heterocycles. The van der Waals surface area contributed by atoms with Crippen LogP contribution in [0, 0.1) is 10.1 Å². The van der Waals surface area contributed by atoms with Gasteiger partial charge in [-0.3, -0.25) is 39.5 Å². The van der Waals surface area contributed by atoms with Crippen LogP contribution in [0.25, 0.3) is 0 Å². The number of carbonyl (C=O) groups is 4. The molecule has 1 aromatic rings. The van der Waals surface area contributed by atoms with Crippen LogP contribution < -0.4 is 5.32 Å². The number of hydrogen-bond donors (Lipinski definition) is 1. The highest BCUT2D eigenvalue weighted by Crippen LogP contribution is 2.33. The number of carbonyl (C=O) groups excluding carboxylic acids is 4. The molecule has 112 valence electrons. The van der Waals surface area contributed by atoms with Crippen molar-refractivity contribution in [2.24, 2.45) is 0 Å². The number of imide groups is 2. The van der Waals surface area contributed by atoms with Crippen molar-refractivity contribution in [2.75, 3.05) is 0 Å². The van der Waals surface area contributed by atoms with E-state index in [1.807, 2.05) is 0 Å². The zero-order valence-corrected chi connectivity index (χ0v) is 11.1. The van der Waals surface area contributed by atoms with Crippen LogP contribution >= 0.6 is 0 Å². The van der Waals surface area contributed by atoms with Crippen molar-refractivity contribution in [3.63, 3.8) is 0 Å². The minimum Gasteiger partial charge on any atom is -0.295 e. The van der Waals surface area contributed by atoms with Gasteiger partial charge in [-0.25, -0.2) is 0 Å². The average Bonchev–Trinajstić information content (AvgIpc) is 2.72. The minimum atomic E-state index is -1.13. The predicted molar refractivity (Wildman–Crippen MR) is 69.8 cm³/mol. The van der Waals surface area contributed by atoms with Gasteiger partial charge in [0, 0.05) is 12.5 Å². The lowest BCUT2D eigenvalue weighted by molar-refractivity contribution is -0.385. The number of fused-ring (bicyclic) bond motifs is 1. The molecule has 4 amide bonds. The maximum Gasteiger partial charge on any atom is 0.282 e. The largest absolute Gasteiger partial charge is 0.295 e. The molecule has 1 fully saturated rings. The van der Waals surface area contributed by atoms with Crippen LogP contribution in [0.1, 0.15) is 33.6 Å². The number of nitro benzene ring substituents is 1. The first-order chi connectivity index (χ1) is 10.4. The highest BCUT2D eigenvalue weighted by atomic mass is 16.6. The van der Waals surface area contributed by atoms with E-state index in [0.29, 0.717) is 4.90 Å². The lowest BCUT2D eigenvalue weighted by Crippen LogP contribution is -2.54. The highest BCUT2D eigenvalue weighted by molar-refractivity contribution is 6.25. The summed E-state index contributed by atoms with van der Waals surface area (Å²) in [5, 5.41) is 13.1. The van der Waals surface area contributed by atoms with Crippen molar-refractivity contribution in [3.05, 3.63) is 39.4 Å². The van der Waals surface area contributed by atoms with Crippen molar-refractivity contribution in [3.8, 4) is 0 Å². The third kappa shape index (κ3) is 1.86. The number of nitrogens with one attached hydrogen (secondary N) is 1. The summed E-state index contributed by atoms with van der Waals surface area (Å²) in [7, 11) is 0. The van der Waals surface area contributed by atoms with E-state index < -0.39 is 40.3 Å². The van der Waals surface area contributed by atoms with Gasteiger partial charge >= 0.3 is 0 Å². The molecular weight excluding hydrogens is 294 g/mol.